The molecular weight excluding hydrogens is 260 g/mol. The van der Waals surface area contributed by atoms with Crippen molar-refractivity contribution in [3.05, 3.63) is 30.2 Å². The summed E-state index contributed by atoms with van der Waals surface area (Å²) < 4.78 is 5.17. The Morgan fingerprint density at radius 2 is 2.05 bits per heavy atom. The van der Waals surface area contributed by atoms with Crippen molar-refractivity contribution in [1.29, 1.82) is 0 Å². The molecule has 1 unspecified atom stereocenters. The average molecular weight is 278 g/mol. The number of aliphatic hydroxyl groups is 1. The molecule has 0 saturated heterocycles. The zero-order valence-electron chi connectivity index (χ0n) is 11.2. The van der Waals surface area contributed by atoms with Crippen LogP contribution in [0, 0.1) is 0 Å². The van der Waals surface area contributed by atoms with E-state index in [-0.39, 0.29) is 0 Å². The monoisotopic (exact) mass is 278 g/mol. The summed E-state index contributed by atoms with van der Waals surface area (Å²) in [5.74, 6) is 1.07. The standard InChI is InChI=1S/C14H18N2O2S/c1-3-4-11(17)9-13-15-14(16-18-13)10-5-7-12(19-2)8-6-10/h5-8,11,17H,3-4,9H2,1-2H3. The molecule has 1 heterocycles. The molecule has 1 aromatic carbocycles. The van der Waals surface area contributed by atoms with E-state index in [1.54, 1.807) is 11.8 Å². The van der Waals surface area contributed by atoms with E-state index in [0.717, 1.165) is 18.4 Å². The Labute approximate surface area is 117 Å². The van der Waals surface area contributed by atoms with E-state index in [4.69, 9.17) is 4.52 Å². The first kappa shape index (κ1) is 14.1. The largest absolute Gasteiger partial charge is 0.393 e. The Kier molecular flexibility index (Phi) is 4.99. The highest BCUT2D eigenvalue weighted by Gasteiger charge is 2.12. The van der Waals surface area contributed by atoms with Crippen LogP contribution in [0.5, 0.6) is 0 Å². The summed E-state index contributed by atoms with van der Waals surface area (Å²) in [6.07, 6.45) is 3.75. The van der Waals surface area contributed by atoms with Crippen LogP contribution in [0.4, 0.5) is 0 Å². The van der Waals surface area contributed by atoms with Gasteiger partial charge in [0.15, 0.2) is 0 Å². The van der Waals surface area contributed by atoms with Gasteiger partial charge < -0.3 is 9.63 Å². The van der Waals surface area contributed by atoms with Gasteiger partial charge in [-0.15, -0.1) is 11.8 Å². The number of benzene rings is 1. The van der Waals surface area contributed by atoms with Crippen LogP contribution in [0.3, 0.4) is 0 Å². The minimum atomic E-state index is -0.405. The number of hydrogen-bond acceptors (Lipinski definition) is 5. The van der Waals surface area contributed by atoms with Crippen molar-refractivity contribution in [2.45, 2.75) is 37.2 Å². The van der Waals surface area contributed by atoms with Crippen LogP contribution in [0.25, 0.3) is 11.4 Å². The van der Waals surface area contributed by atoms with Crippen molar-refractivity contribution in [3.8, 4) is 11.4 Å². The molecule has 5 heteroatoms. The first-order valence-electron chi connectivity index (χ1n) is 6.38. The van der Waals surface area contributed by atoms with Gasteiger partial charge in [0.25, 0.3) is 0 Å². The minimum absolute atomic E-state index is 0.405. The maximum Gasteiger partial charge on any atom is 0.229 e. The second kappa shape index (κ2) is 6.73. The molecular formula is C14H18N2O2S. The quantitative estimate of drug-likeness (QED) is 0.822. The molecule has 0 radical (unpaired) electrons. The number of rotatable bonds is 6. The second-order valence-corrected chi connectivity index (χ2v) is 5.27. The number of aliphatic hydroxyl groups excluding tert-OH is 1. The molecule has 1 atom stereocenters. The number of hydrogen-bond donors (Lipinski definition) is 1. The van der Waals surface area contributed by atoms with E-state index in [1.807, 2.05) is 37.4 Å². The molecule has 0 bridgehead atoms. The van der Waals surface area contributed by atoms with Gasteiger partial charge in [-0.05, 0) is 36.9 Å². The summed E-state index contributed by atoms with van der Waals surface area (Å²) in [7, 11) is 0. The van der Waals surface area contributed by atoms with Crippen LogP contribution in [0.1, 0.15) is 25.7 Å². The summed E-state index contributed by atoms with van der Waals surface area (Å²) in [5, 5.41) is 13.7. The summed E-state index contributed by atoms with van der Waals surface area (Å²) >= 11 is 1.69. The van der Waals surface area contributed by atoms with Crippen molar-refractivity contribution in [3.63, 3.8) is 0 Å². The van der Waals surface area contributed by atoms with Gasteiger partial charge in [0.05, 0.1) is 12.5 Å². The topological polar surface area (TPSA) is 59.2 Å². The van der Waals surface area contributed by atoms with Crippen molar-refractivity contribution in [2.24, 2.45) is 0 Å². The first-order chi connectivity index (χ1) is 9.22. The zero-order chi connectivity index (χ0) is 13.7. The van der Waals surface area contributed by atoms with Gasteiger partial charge in [-0.3, -0.25) is 0 Å². The van der Waals surface area contributed by atoms with E-state index in [0.29, 0.717) is 18.1 Å². The van der Waals surface area contributed by atoms with Crippen LogP contribution in [-0.4, -0.2) is 27.6 Å². The Hall–Kier alpha value is -1.33. The zero-order valence-corrected chi connectivity index (χ0v) is 12.0. The van der Waals surface area contributed by atoms with Crippen LogP contribution in [0.2, 0.25) is 0 Å². The molecule has 0 aliphatic rings. The van der Waals surface area contributed by atoms with Crippen LogP contribution in [-0.2, 0) is 6.42 Å². The minimum Gasteiger partial charge on any atom is -0.393 e. The molecule has 19 heavy (non-hydrogen) atoms. The van der Waals surface area contributed by atoms with Gasteiger partial charge in [0.1, 0.15) is 0 Å². The lowest BCUT2D eigenvalue weighted by atomic mass is 10.1. The SMILES string of the molecule is CCCC(O)Cc1nc(-c2ccc(SC)cc2)no1. The lowest BCUT2D eigenvalue weighted by Gasteiger charge is -2.03. The van der Waals surface area contributed by atoms with Gasteiger partial charge in [-0.25, -0.2) is 0 Å². The highest BCUT2D eigenvalue weighted by atomic mass is 32.2. The highest BCUT2D eigenvalue weighted by Crippen LogP contribution is 2.21. The fraction of sp³-hybridized carbons (Fsp3) is 0.429. The molecule has 0 aliphatic carbocycles. The molecule has 0 saturated carbocycles. The average Bonchev–Trinajstić information content (AvgIpc) is 2.87. The third-order valence-electron chi connectivity index (χ3n) is 2.85. The van der Waals surface area contributed by atoms with E-state index in [2.05, 4.69) is 10.1 Å². The number of thioether (sulfide) groups is 1. The van der Waals surface area contributed by atoms with E-state index < -0.39 is 6.10 Å². The summed E-state index contributed by atoms with van der Waals surface area (Å²) in [6.45, 7) is 2.04. The fourth-order valence-corrected chi connectivity index (χ4v) is 2.24. The van der Waals surface area contributed by atoms with Gasteiger partial charge >= 0.3 is 0 Å². The molecule has 2 rings (SSSR count). The number of aromatic nitrogens is 2. The second-order valence-electron chi connectivity index (χ2n) is 4.39. The molecule has 1 aromatic heterocycles. The first-order valence-corrected chi connectivity index (χ1v) is 7.60. The molecule has 0 fully saturated rings. The summed E-state index contributed by atoms with van der Waals surface area (Å²) in [5.41, 5.74) is 0.929. The van der Waals surface area contributed by atoms with Gasteiger partial charge in [0.2, 0.25) is 11.7 Å². The predicted octanol–water partition coefficient (Wildman–Crippen LogP) is 3.16. The molecule has 0 amide bonds. The van der Waals surface area contributed by atoms with Gasteiger partial charge in [-0.1, -0.05) is 18.5 Å². The smallest absolute Gasteiger partial charge is 0.229 e. The van der Waals surface area contributed by atoms with Crippen molar-refractivity contribution >= 4 is 11.8 Å². The van der Waals surface area contributed by atoms with E-state index >= 15 is 0 Å². The maximum absolute atomic E-state index is 9.72. The lowest BCUT2D eigenvalue weighted by molar-refractivity contribution is 0.152. The lowest BCUT2D eigenvalue weighted by Crippen LogP contribution is -2.09. The predicted molar refractivity (Wildman–Crippen MR) is 76.1 cm³/mol. The maximum atomic E-state index is 9.72. The Bertz CT molecular complexity index is 510. The Morgan fingerprint density at radius 1 is 1.32 bits per heavy atom. The summed E-state index contributed by atoms with van der Waals surface area (Å²) in [4.78, 5) is 5.51. The number of nitrogens with zero attached hydrogens (tertiary/aromatic N) is 2. The third-order valence-corrected chi connectivity index (χ3v) is 3.59. The molecule has 0 aliphatic heterocycles. The van der Waals surface area contributed by atoms with Crippen LogP contribution in [0.15, 0.2) is 33.7 Å². The van der Waals surface area contributed by atoms with E-state index in [9.17, 15) is 5.11 Å². The third kappa shape index (κ3) is 3.81. The summed E-state index contributed by atoms with van der Waals surface area (Å²) in [6, 6.07) is 8.01. The molecule has 4 nitrogen and oxygen atoms in total. The van der Waals surface area contributed by atoms with Crippen molar-refractivity contribution < 1.29 is 9.63 Å². The molecule has 2 aromatic rings. The van der Waals surface area contributed by atoms with Gasteiger partial charge in [0, 0.05) is 10.5 Å². The Morgan fingerprint density at radius 3 is 2.68 bits per heavy atom. The highest BCUT2D eigenvalue weighted by molar-refractivity contribution is 7.98. The van der Waals surface area contributed by atoms with Crippen molar-refractivity contribution in [2.75, 3.05) is 6.26 Å². The van der Waals surface area contributed by atoms with Gasteiger partial charge in [-0.2, -0.15) is 4.98 Å². The molecule has 102 valence electrons. The molecule has 0 spiro atoms. The fourth-order valence-electron chi connectivity index (χ4n) is 1.83. The molecule has 1 N–H and O–H groups in total. The Balaban J connectivity index is 2.07. The van der Waals surface area contributed by atoms with Crippen LogP contribution < -0.4 is 0 Å². The van der Waals surface area contributed by atoms with E-state index in [1.165, 1.54) is 4.90 Å². The van der Waals surface area contributed by atoms with Crippen molar-refractivity contribution in [1.82, 2.24) is 10.1 Å². The van der Waals surface area contributed by atoms with Crippen LogP contribution >= 0.6 is 11.8 Å². The normalized spacial score (nSPS) is 12.6.